The van der Waals surface area contributed by atoms with Crippen LogP contribution >= 0.6 is 11.8 Å². The number of nitrogens with zero attached hydrogens (tertiary/aromatic N) is 1. The van der Waals surface area contributed by atoms with Crippen LogP contribution < -0.4 is 4.90 Å². The second-order valence-electron chi connectivity index (χ2n) is 4.82. The molecule has 7 heteroatoms. The van der Waals surface area contributed by atoms with Gasteiger partial charge in [-0.05, 0) is 18.6 Å². The van der Waals surface area contributed by atoms with Crippen LogP contribution in [-0.2, 0) is 0 Å². The number of fused-ring (bicyclic) bond motifs is 1. The number of carbonyl (C=O) groups excluding carboxylic acids is 2. The van der Waals surface area contributed by atoms with Crippen LogP contribution in [0.5, 0.6) is 0 Å². The minimum Gasteiger partial charge on any atom is -0.459 e. The van der Waals surface area contributed by atoms with Crippen molar-refractivity contribution in [3.63, 3.8) is 0 Å². The number of amides is 1. The molecule has 5 nitrogen and oxygen atoms in total. The third-order valence-electron chi connectivity index (χ3n) is 3.57. The van der Waals surface area contributed by atoms with Gasteiger partial charge in [-0.25, -0.2) is 4.39 Å². The van der Waals surface area contributed by atoms with Gasteiger partial charge in [-0.1, -0.05) is 11.8 Å². The molecular formula is C14H12FNO4S. The van der Waals surface area contributed by atoms with Gasteiger partial charge >= 0.3 is 0 Å². The van der Waals surface area contributed by atoms with Crippen LogP contribution in [0.25, 0.3) is 11.0 Å². The average Bonchev–Trinajstić information content (AvgIpc) is 3.05. The first kappa shape index (κ1) is 14.1. The Kier molecular flexibility index (Phi) is 3.46. The molecule has 1 aliphatic heterocycles. The number of anilines is 1. The molecule has 1 fully saturated rings. The van der Waals surface area contributed by atoms with Crippen LogP contribution in [0.15, 0.2) is 16.7 Å². The maximum absolute atomic E-state index is 14.2. The second-order valence-corrected chi connectivity index (χ2v) is 6.07. The Bertz CT molecular complexity index is 742. The van der Waals surface area contributed by atoms with Crippen molar-refractivity contribution >= 4 is 39.9 Å². The molecule has 3 rings (SSSR count). The first-order chi connectivity index (χ1) is 10.1. The summed E-state index contributed by atoms with van der Waals surface area (Å²) in [4.78, 5) is 24.4. The van der Waals surface area contributed by atoms with Crippen LogP contribution in [0.4, 0.5) is 14.9 Å². The van der Waals surface area contributed by atoms with E-state index in [0.29, 0.717) is 23.9 Å². The van der Waals surface area contributed by atoms with E-state index in [0.717, 1.165) is 11.8 Å². The molecule has 1 saturated heterocycles. The van der Waals surface area contributed by atoms with Crippen molar-refractivity contribution in [1.82, 2.24) is 0 Å². The van der Waals surface area contributed by atoms with Crippen LogP contribution in [0, 0.1) is 12.7 Å². The number of rotatable bonds is 3. The van der Waals surface area contributed by atoms with E-state index in [4.69, 9.17) is 9.52 Å². The molecule has 2 heterocycles. The number of carbonyl (C=O) groups is 2. The molecule has 1 amide bonds. The summed E-state index contributed by atoms with van der Waals surface area (Å²) in [5.74, 6) is -0.598. The predicted molar refractivity (Wildman–Crippen MR) is 77.5 cm³/mol. The Balaban J connectivity index is 2.14. The number of aliphatic hydroxyl groups is 1. The molecule has 110 valence electrons. The van der Waals surface area contributed by atoms with Crippen molar-refractivity contribution in [2.24, 2.45) is 0 Å². The van der Waals surface area contributed by atoms with Crippen molar-refractivity contribution < 1.29 is 23.5 Å². The smallest absolute Gasteiger partial charge is 0.286 e. The fraction of sp³-hybridized carbons (Fsp3) is 0.286. The molecule has 1 N–H and O–H groups in total. The summed E-state index contributed by atoms with van der Waals surface area (Å²) in [5, 5.41) is 9.08. The SMILES string of the molecule is Cc1c(C=O)cc2c(N3C[C@H](CO)SC3=O)coc2c1F. The number of hydrogen-bond acceptors (Lipinski definition) is 5. The molecule has 0 bridgehead atoms. The molecule has 1 aliphatic rings. The number of benzene rings is 1. The molecule has 0 radical (unpaired) electrons. The third kappa shape index (κ3) is 2.13. The highest BCUT2D eigenvalue weighted by atomic mass is 32.2. The Morgan fingerprint density at radius 3 is 3.00 bits per heavy atom. The van der Waals surface area contributed by atoms with Crippen molar-refractivity contribution in [2.45, 2.75) is 12.2 Å². The molecule has 2 aromatic rings. The van der Waals surface area contributed by atoms with Gasteiger partial charge in [0.1, 0.15) is 12.5 Å². The fourth-order valence-corrected chi connectivity index (χ4v) is 3.26. The standard InChI is InChI=1S/C14H12FNO4S/c1-7-8(4-17)2-10-11(6-20-13(10)12(7)15)16-3-9(5-18)21-14(16)19/h2,4,6,9,18H,3,5H2,1H3/t9-/m1/s1. The second kappa shape index (κ2) is 5.16. The van der Waals surface area contributed by atoms with E-state index in [1.54, 1.807) is 0 Å². The average molecular weight is 309 g/mol. The topological polar surface area (TPSA) is 70.8 Å². The number of aliphatic hydroxyl groups excluding tert-OH is 1. The van der Waals surface area contributed by atoms with Crippen LogP contribution in [0.1, 0.15) is 15.9 Å². The Morgan fingerprint density at radius 1 is 1.62 bits per heavy atom. The molecule has 1 atom stereocenters. The first-order valence-corrected chi connectivity index (χ1v) is 7.19. The van der Waals surface area contributed by atoms with E-state index >= 15 is 0 Å². The van der Waals surface area contributed by atoms with E-state index in [9.17, 15) is 14.0 Å². The maximum Gasteiger partial charge on any atom is 0.286 e. The highest BCUT2D eigenvalue weighted by Gasteiger charge is 2.33. The van der Waals surface area contributed by atoms with Gasteiger partial charge in [0, 0.05) is 17.5 Å². The summed E-state index contributed by atoms with van der Waals surface area (Å²) < 4.78 is 19.4. The highest BCUT2D eigenvalue weighted by Crippen LogP contribution is 2.38. The number of aldehydes is 1. The molecule has 1 aromatic heterocycles. The van der Waals surface area contributed by atoms with Crippen molar-refractivity contribution in [3.05, 3.63) is 29.3 Å². The Hall–Kier alpha value is -1.86. The Labute approximate surface area is 123 Å². The lowest BCUT2D eigenvalue weighted by Crippen LogP contribution is -2.25. The number of halogens is 1. The van der Waals surface area contributed by atoms with Crippen molar-refractivity contribution in [1.29, 1.82) is 0 Å². The van der Waals surface area contributed by atoms with Gasteiger partial charge in [0.15, 0.2) is 11.4 Å². The highest BCUT2D eigenvalue weighted by molar-refractivity contribution is 8.14. The maximum atomic E-state index is 14.2. The van der Waals surface area contributed by atoms with Gasteiger partial charge in [0.05, 0.1) is 17.5 Å². The van der Waals surface area contributed by atoms with E-state index < -0.39 is 5.82 Å². The third-order valence-corrected chi connectivity index (χ3v) is 4.62. The summed E-state index contributed by atoms with van der Waals surface area (Å²) in [5.41, 5.74) is 0.883. The molecule has 0 spiro atoms. The van der Waals surface area contributed by atoms with Crippen LogP contribution in [0.2, 0.25) is 0 Å². The lowest BCUT2D eigenvalue weighted by atomic mass is 10.1. The van der Waals surface area contributed by atoms with E-state index in [1.807, 2.05) is 0 Å². The summed E-state index contributed by atoms with van der Waals surface area (Å²) in [6.07, 6.45) is 1.88. The monoisotopic (exact) mass is 309 g/mol. The molecule has 21 heavy (non-hydrogen) atoms. The molecule has 0 unspecified atom stereocenters. The molecule has 0 aliphatic carbocycles. The minimum atomic E-state index is -0.598. The van der Waals surface area contributed by atoms with Crippen molar-refractivity contribution in [2.75, 3.05) is 18.1 Å². The van der Waals surface area contributed by atoms with Gasteiger partial charge in [0.2, 0.25) is 0 Å². The van der Waals surface area contributed by atoms with Crippen LogP contribution in [0.3, 0.4) is 0 Å². The summed E-state index contributed by atoms with van der Waals surface area (Å²) >= 11 is 1.03. The normalized spacial score (nSPS) is 18.7. The lowest BCUT2D eigenvalue weighted by Gasteiger charge is -2.13. The first-order valence-electron chi connectivity index (χ1n) is 6.31. The van der Waals surface area contributed by atoms with E-state index in [1.165, 1.54) is 24.2 Å². The number of thioether (sulfide) groups is 1. The zero-order chi connectivity index (χ0) is 15.1. The zero-order valence-corrected chi connectivity index (χ0v) is 11.9. The number of furan rings is 1. The lowest BCUT2D eigenvalue weighted by molar-refractivity contribution is 0.112. The van der Waals surface area contributed by atoms with E-state index in [-0.39, 0.29) is 33.8 Å². The fourth-order valence-electron chi connectivity index (χ4n) is 2.37. The van der Waals surface area contributed by atoms with Gasteiger partial charge in [-0.3, -0.25) is 14.5 Å². The minimum absolute atomic E-state index is 0.0262. The summed E-state index contributed by atoms with van der Waals surface area (Å²) in [6, 6.07) is 1.52. The van der Waals surface area contributed by atoms with Gasteiger partial charge in [-0.15, -0.1) is 0 Å². The molecular weight excluding hydrogens is 297 g/mol. The van der Waals surface area contributed by atoms with Crippen molar-refractivity contribution in [3.8, 4) is 0 Å². The van der Waals surface area contributed by atoms with Crippen LogP contribution in [-0.4, -0.2) is 35.0 Å². The van der Waals surface area contributed by atoms with Gasteiger partial charge in [-0.2, -0.15) is 0 Å². The quantitative estimate of drug-likeness (QED) is 0.883. The summed E-state index contributed by atoms with van der Waals surface area (Å²) in [7, 11) is 0. The molecule has 0 saturated carbocycles. The molecule has 1 aromatic carbocycles. The Morgan fingerprint density at radius 2 is 2.38 bits per heavy atom. The number of hydrogen-bond donors (Lipinski definition) is 1. The predicted octanol–water partition coefficient (Wildman–Crippen LogP) is 2.73. The van der Waals surface area contributed by atoms with E-state index in [2.05, 4.69) is 0 Å². The van der Waals surface area contributed by atoms with Gasteiger partial charge in [0.25, 0.3) is 5.24 Å². The summed E-state index contributed by atoms with van der Waals surface area (Å²) in [6.45, 7) is 1.70. The van der Waals surface area contributed by atoms with Gasteiger partial charge < -0.3 is 9.52 Å². The zero-order valence-electron chi connectivity index (χ0n) is 11.1. The largest absolute Gasteiger partial charge is 0.459 e.